The van der Waals surface area contributed by atoms with Gasteiger partial charge in [0.25, 0.3) is 0 Å². The van der Waals surface area contributed by atoms with Gasteiger partial charge in [0.15, 0.2) is 0 Å². The highest BCUT2D eigenvalue weighted by Gasteiger charge is 2.49. The summed E-state index contributed by atoms with van der Waals surface area (Å²) in [6.45, 7) is 23.9. The third-order valence-electron chi connectivity index (χ3n) is 10.6. The van der Waals surface area contributed by atoms with Crippen molar-refractivity contribution >= 4 is 20.2 Å². The maximum absolute atomic E-state index is 6.29. The Morgan fingerprint density at radius 2 is 0.894 bits per heavy atom. The number of allylic oxidation sites excluding steroid dienone is 2. The Bertz CT molecular complexity index is 1760. The zero-order valence-corrected chi connectivity index (χ0v) is 31.6. The molecule has 0 aliphatic heterocycles. The maximum atomic E-state index is 6.29. The van der Waals surface area contributed by atoms with E-state index in [1.54, 1.807) is 0 Å². The molecule has 2 atom stereocenters. The van der Waals surface area contributed by atoms with Gasteiger partial charge < -0.3 is 9.47 Å². The molecule has 4 aromatic rings. The van der Waals surface area contributed by atoms with Gasteiger partial charge in [-0.15, -0.1) is 0 Å². The van der Waals surface area contributed by atoms with E-state index in [0.717, 1.165) is 11.5 Å². The molecule has 0 heterocycles. The first-order chi connectivity index (χ1) is 22.1. The van der Waals surface area contributed by atoms with E-state index in [2.05, 4.69) is 153 Å². The molecule has 2 aliphatic rings. The van der Waals surface area contributed by atoms with Gasteiger partial charge in [-0.3, -0.25) is 0 Å². The first-order valence-electron chi connectivity index (χ1n) is 17.1. The SMILES string of the molecule is COc1c(C(C)(C)C)cc2c(c1-c1ccccc1)C=C(C)C2[Si](C)(C)C1C(C)=Cc2c1cc(C(C)(C)C)c(OC)c2-c1ccccc1. The lowest BCUT2D eigenvalue weighted by Crippen LogP contribution is -2.42. The van der Waals surface area contributed by atoms with Crippen molar-refractivity contribution in [2.24, 2.45) is 0 Å². The van der Waals surface area contributed by atoms with Crippen LogP contribution in [-0.4, -0.2) is 22.3 Å². The molecule has 2 aliphatic carbocycles. The predicted octanol–water partition coefficient (Wildman–Crippen LogP) is 12.1. The predicted molar refractivity (Wildman–Crippen MR) is 205 cm³/mol. The monoisotopic (exact) mass is 640 g/mol. The van der Waals surface area contributed by atoms with Crippen molar-refractivity contribution in [3.05, 3.63) is 117 Å². The molecule has 0 aromatic heterocycles. The topological polar surface area (TPSA) is 18.5 Å². The van der Waals surface area contributed by atoms with Gasteiger partial charge in [0.1, 0.15) is 11.5 Å². The summed E-state index contributed by atoms with van der Waals surface area (Å²) in [5.74, 6) is 2.01. The number of benzene rings is 4. The summed E-state index contributed by atoms with van der Waals surface area (Å²) >= 11 is 0. The summed E-state index contributed by atoms with van der Waals surface area (Å²) in [5.41, 5.74) is 16.6. The molecule has 6 rings (SSSR count). The molecule has 2 unspecified atom stereocenters. The highest BCUT2D eigenvalue weighted by molar-refractivity contribution is 6.81. The van der Waals surface area contributed by atoms with Crippen LogP contribution in [0.4, 0.5) is 0 Å². The normalized spacial score (nSPS) is 17.6. The summed E-state index contributed by atoms with van der Waals surface area (Å²) in [6.07, 6.45) is 4.95. The molecular formula is C44H52O2Si. The van der Waals surface area contributed by atoms with Crippen LogP contribution < -0.4 is 9.47 Å². The van der Waals surface area contributed by atoms with Crippen LogP contribution in [0, 0.1) is 0 Å². The number of hydrogen-bond donors (Lipinski definition) is 0. The third kappa shape index (κ3) is 5.41. The van der Waals surface area contributed by atoms with Crippen molar-refractivity contribution in [2.75, 3.05) is 14.2 Å². The Labute approximate surface area is 284 Å². The summed E-state index contributed by atoms with van der Waals surface area (Å²) in [7, 11) is 1.52. The summed E-state index contributed by atoms with van der Waals surface area (Å²) in [4.78, 5) is 0. The van der Waals surface area contributed by atoms with Gasteiger partial charge in [-0.1, -0.05) is 151 Å². The van der Waals surface area contributed by atoms with E-state index in [1.807, 2.05) is 14.2 Å². The number of fused-ring (bicyclic) bond motifs is 2. The van der Waals surface area contributed by atoms with Gasteiger partial charge in [-0.2, -0.15) is 0 Å². The van der Waals surface area contributed by atoms with Crippen molar-refractivity contribution in [2.45, 2.75) is 90.4 Å². The van der Waals surface area contributed by atoms with Gasteiger partial charge in [0.05, 0.1) is 22.3 Å². The van der Waals surface area contributed by atoms with E-state index in [9.17, 15) is 0 Å². The maximum Gasteiger partial charge on any atom is 0.131 e. The van der Waals surface area contributed by atoms with Gasteiger partial charge in [0.2, 0.25) is 0 Å². The fourth-order valence-electron chi connectivity index (χ4n) is 8.76. The highest BCUT2D eigenvalue weighted by atomic mass is 28.3. The molecule has 0 saturated carbocycles. The van der Waals surface area contributed by atoms with Gasteiger partial charge >= 0.3 is 0 Å². The lowest BCUT2D eigenvalue weighted by Gasteiger charge is -2.40. The van der Waals surface area contributed by atoms with Crippen molar-refractivity contribution in [3.8, 4) is 33.8 Å². The lowest BCUT2D eigenvalue weighted by atomic mass is 9.81. The smallest absolute Gasteiger partial charge is 0.131 e. The van der Waals surface area contributed by atoms with Crippen molar-refractivity contribution in [1.82, 2.24) is 0 Å². The molecule has 47 heavy (non-hydrogen) atoms. The van der Waals surface area contributed by atoms with Crippen LogP contribution in [0.1, 0.15) is 99.9 Å². The molecule has 2 nitrogen and oxygen atoms in total. The van der Waals surface area contributed by atoms with Crippen LogP contribution in [0.5, 0.6) is 11.5 Å². The average Bonchev–Trinajstić information content (AvgIpc) is 3.54. The Balaban J connectivity index is 1.61. The van der Waals surface area contributed by atoms with Crippen molar-refractivity contribution < 1.29 is 9.47 Å². The third-order valence-corrected chi connectivity index (χ3v) is 15.1. The molecule has 3 heteroatoms. The van der Waals surface area contributed by atoms with Crippen molar-refractivity contribution in [1.29, 1.82) is 0 Å². The molecule has 0 radical (unpaired) electrons. The zero-order valence-electron chi connectivity index (χ0n) is 30.6. The van der Waals surface area contributed by atoms with Crippen LogP contribution in [0.2, 0.25) is 13.1 Å². The van der Waals surface area contributed by atoms with Gasteiger partial charge in [0, 0.05) is 33.3 Å². The van der Waals surface area contributed by atoms with Crippen LogP contribution in [0.3, 0.4) is 0 Å². The van der Waals surface area contributed by atoms with E-state index in [4.69, 9.17) is 9.47 Å². The molecule has 0 fully saturated rings. The van der Waals surface area contributed by atoms with E-state index < -0.39 is 8.07 Å². The second-order valence-electron chi connectivity index (χ2n) is 16.4. The van der Waals surface area contributed by atoms with Crippen LogP contribution in [0.25, 0.3) is 34.4 Å². The van der Waals surface area contributed by atoms with Crippen LogP contribution in [0.15, 0.2) is 83.9 Å². The minimum absolute atomic E-state index is 0.0742. The first kappa shape index (κ1) is 33.1. The molecule has 4 aromatic carbocycles. The second kappa shape index (κ2) is 11.7. The van der Waals surface area contributed by atoms with Gasteiger partial charge in [-0.25, -0.2) is 0 Å². The quantitative estimate of drug-likeness (QED) is 0.195. The standard InChI is InChI=1S/C44H52O2Si/c1-27-23-31-33(25-35(43(3,4)5)39(45-9)37(31)29-19-15-13-16-20-29)41(27)47(11,12)42-28(2)24-32-34(42)26-36(44(6,7)8)40(46-10)38(32)30-21-17-14-18-22-30/h13-26,41-42H,1-12H3. The first-order valence-corrected chi connectivity index (χ1v) is 20.2. The molecule has 0 spiro atoms. The number of ether oxygens (including phenoxy) is 2. The molecule has 244 valence electrons. The van der Waals surface area contributed by atoms with E-state index in [-0.39, 0.29) is 10.8 Å². The number of hydrogen-bond acceptors (Lipinski definition) is 2. The Hall–Kier alpha value is -3.82. The summed E-state index contributed by atoms with van der Waals surface area (Å²) in [5, 5.41) is 0. The van der Waals surface area contributed by atoms with E-state index in [0.29, 0.717) is 11.1 Å². The van der Waals surface area contributed by atoms with Crippen LogP contribution in [-0.2, 0) is 10.8 Å². The summed E-state index contributed by atoms with van der Waals surface area (Å²) < 4.78 is 12.6. The van der Waals surface area contributed by atoms with Crippen LogP contribution >= 0.6 is 0 Å². The molecule has 0 N–H and O–H groups in total. The minimum Gasteiger partial charge on any atom is -0.496 e. The van der Waals surface area contributed by atoms with Gasteiger partial charge in [-0.05, 0) is 58.1 Å². The largest absolute Gasteiger partial charge is 0.496 e. The van der Waals surface area contributed by atoms with Crippen molar-refractivity contribution in [3.63, 3.8) is 0 Å². The lowest BCUT2D eigenvalue weighted by molar-refractivity contribution is 0.399. The molecular weight excluding hydrogens is 589 g/mol. The zero-order chi connectivity index (χ0) is 34.1. The minimum atomic E-state index is -2.15. The summed E-state index contributed by atoms with van der Waals surface area (Å²) in [6, 6.07) is 26.7. The average molecular weight is 641 g/mol. The number of methoxy groups -OCH3 is 2. The number of rotatable bonds is 6. The van der Waals surface area contributed by atoms with E-state index >= 15 is 0 Å². The Kier molecular flexibility index (Phi) is 8.24. The fraction of sp³-hybridized carbons (Fsp3) is 0.364. The van der Waals surface area contributed by atoms with E-state index in [1.165, 1.54) is 66.8 Å². The second-order valence-corrected chi connectivity index (χ2v) is 21.2. The molecule has 0 amide bonds. The molecule has 0 saturated heterocycles. The molecule has 0 bridgehead atoms. The Morgan fingerprint density at radius 1 is 0.553 bits per heavy atom. The Morgan fingerprint density at radius 3 is 1.19 bits per heavy atom. The highest BCUT2D eigenvalue weighted by Crippen LogP contribution is 2.58. The fourth-order valence-corrected chi connectivity index (χ4v) is 13.7.